The highest BCUT2D eigenvalue weighted by molar-refractivity contribution is 9.10. The molecule has 3 aromatic rings. The zero-order chi connectivity index (χ0) is 24.6. The molecule has 0 bridgehead atoms. The Labute approximate surface area is 231 Å². The van der Waals surface area contributed by atoms with Gasteiger partial charge in [-0.15, -0.1) is 23.5 Å². The van der Waals surface area contributed by atoms with E-state index in [-0.39, 0.29) is 12.5 Å². The molecule has 35 heavy (non-hydrogen) atoms. The Kier molecular flexibility index (Phi) is 9.68. The molecule has 4 rings (SSSR count). The van der Waals surface area contributed by atoms with E-state index in [9.17, 15) is 4.79 Å². The quantitative estimate of drug-likeness (QED) is 0.203. The van der Waals surface area contributed by atoms with Crippen LogP contribution in [-0.2, 0) is 11.4 Å². The van der Waals surface area contributed by atoms with Gasteiger partial charge in [-0.1, -0.05) is 47.5 Å². The van der Waals surface area contributed by atoms with E-state index >= 15 is 0 Å². The van der Waals surface area contributed by atoms with E-state index in [1.165, 1.54) is 23.3 Å². The van der Waals surface area contributed by atoms with Crippen LogP contribution >= 0.6 is 62.7 Å². The smallest absolute Gasteiger partial charge is 0.277 e. The lowest BCUT2D eigenvalue weighted by Crippen LogP contribution is -2.24. The first-order valence-electron chi connectivity index (χ1n) is 10.6. The van der Waals surface area contributed by atoms with Gasteiger partial charge in [0.15, 0.2) is 12.4 Å². The summed E-state index contributed by atoms with van der Waals surface area (Å²) in [6, 6.07) is 18.8. The Balaban J connectivity index is 1.25. The summed E-state index contributed by atoms with van der Waals surface area (Å²) in [6.07, 6.45) is 1.50. The van der Waals surface area contributed by atoms with Gasteiger partial charge in [-0.2, -0.15) is 5.10 Å². The largest absolute Gasteiger partial charge is 0.486 e. The van der Waals surface area contributed by atoms with Crippen LogP contribution in [0.1, 0.15) is 21.3 Å². The molecule has 1 fully saturated rings. The molecule has 1 amide bonds. The normalized spacial score (nSPS) is 13.8. The maximum atomic E-state index is 12.1. The third kappa shape index (κ3) is 7.82. The van der Waals surface area contributed by atoms with Crippen molar-refractivity contribution in [1.82, 2.24) is 5.43 Å². The molecule has 5 nitrogen and oxygen atoms in total. The van der Waals surface area contributed by atoms with E-state index in [2.05, 4.69) is 26.5 Å². The fourth-order valence-electron chi connectivity index (χ4n) is 3.16. The highest BCUT2D eigenvalue weighted by Crippen LogP contribution is 2.45. The third-order valence-corrected chi connectivity index (χ3v) is 9.09. The average molecular weight is 612 g/mol. The fraction of sp³-hybridized carbons (Fsp3) is 0.200. The van der Waals surface area contributed by atoms with Crippen molar-refractivity contribution in [3.63, 3.8) is 0 Å². The minimum atomic E-state index is -0.361. The lowest BCUT2D eigenvalue weighted by Gasteiger charge is -2.11. The first-order chi connectivity index (χ1) is 17.0. The fourth-order valence-corrected chi connectivity index (χ4v) is 7.13. The van der Waals surface area contributed by atoms with Gasteiger partial charge in [0, 0.05) is 16.5 Å². The predicted octanol–water partition coefficient (Wildman–Crippen LogP) is 7.34. The number of carbonyl (C=O) groups is 1. The summed E-state index contributed by atoms with van der Waals surface area (Å²) in [5.74, 6) is 3.16. The molecule has 1 N–H and O–H groups in total. The molecular weight excluding hydrogens is 591 g/mol. The number of rotatable bonds is 9. The summed E-state index contributed by atoms with van der Waals surface area (Å²) < 4.78 is 12.6. The average Bonchev–Trinajstić information content (AvgIpc) is 3.39. The molecular formula is C25H21BrCl2N2O3S2. The number of halogens is 3. The molecule has 1 saturated heterocycles. The summed E-state index contributed by atoms with van der Waals surface area (Å²) >= 11 is 19.7. The third-order valence-electron chi connectivity index (χ3n) is 4.86. The number of hydrogen-bond acceptors (Lipinski definition) is 6. The van der Waals surface area contributed by atoms with Gasteiger partial charge >= 0.3 is 0 Å². The Bertz CT molecular complexity index is 1170. The highest BCUT2D eigenvalue weighted by atomic mass is 79.9. The van der Waals surface area contributed by atoms with Gasteiger partial charge in [0.1, 0.15) is 12.4 Å². The predicted molar refractivity (Wildman–Crippen MR) is 150 cm³/mol. The first-order valence-corrected chi connectivity index (χ1v) is 14.3. The summed E-state index contributed by atoms with van der Waals surface area (Å²) in [7, 11) is 0. The SMILES string of the molecule is O=C(COc1ccc(C2SCCS2)cc1)N/N=C\c1cc(Cl)c(OCc2ccc(Cl)cc2)c(Br)c1. The minimum absolute atomic E-state index is 0.133. The van der Waals surface area contributed by atoms with E-state index < -0.39 is 0 Å². The molecule has 0 atom stereocenters. The number of carbonyl (C=O) groups excluding carboxylic acids is 1. The molecule has 3 aromatic carbocycles. The van der Waals surface area contributed by atoms with Crippen molar-refractivity contribution in [2.24, 2.45) is 5.10 Å². The molecule has 1 aliphatic rings. The topological polar surface area (TPSA) is 59.9 Å². The molecule has 0 radical (unpaired) electrons. The van der Waals surface area contributed by atoms with E-state index in [1.54, 1.807) is 24.3 Å². The summed E-state index contributed by atoms with van der Waals surface area (Å²) in [5, 5.41) is 5.08. The molecule has 0 aliphatic carbocycles. The molecule has 0 saturated carbocycles. The lowest BCUT2D eigenvalue weighted by molar-refractivity contribution is -0.123. The molecule has 1 aliphatic heterocycles. The lowest BCUT2D eigenvalue weighted by atomic mass is 10.2. The first kappa shape index (κ1) is 26.2. The van der Waals surface area contributed by atoms with Crippen LogP contribution in [0.15, 0.2) is 70.2 Å². The molecule has 182 valence electrons. The number of hydrogen-bond donors (Lipinski definition) is 1. The van der Waals surface area contributed by atoms with Crippen LogP contribution in [0, 0.1) is 0 Å². The monoisotopic (exact) mass is 610 g/mol. The Morgan fingerprint density at radius 3 is 2.46 bits per heavy atom. The van der Waals surface area contributed by atoms with Crippen LogP contribution in [0.2, 0.25) is 10.0 Å². The van der Waals surface area contributed by atoms with Gasteiger partial charge in [-0.25, -0.2) is 5.43 Å². The van der Waals surface area contributed by atoms with Crippen LogP contribution in [0.4, 0.5) is 0 Å². The van der Waals surface area contributed by atoms with Crippen molar-refractivity contribution in [1.29, 1.82) is 0 Å². The molecule has 0 spiro atoms. The van der Waals surface area contributed by atoms with Crippen LogP contribution < -0.4 is 14.9 Å². The van der Waals surface area contributed by atoms with Crippen molar-refractivity contribution in [2.45, 2.75) is 11.2 Å². The number of hydrazone groups is 1. The molecule has 0 unspecified atom stereocenters. The molecule has 0 aromatic heterocycles. The van der Waals surface area contributed by atoms with Gasteiger partial charge in [0.25, 0.3) is 5.91 Å². The zero-order valence-electron chi connectivity index (χ0n) is 18.4. The second-order valence-electron chi connectivity index (χ2n) is 7.45. The van der Waals surface area contributed by atoms with Gasteiger partial charge in [-0.3, -0.25) is 4.79 Å². The van der Waals surface area contributed by atoms with Gasteiger partial charge < -0.3 is 9.47 Å². The summed E-state index contributed by atoms with van der Waals surface area (Å²) in [4.78, 5) is 12.1. The van der Waals surface area contributed by atoms with E-state index in [1.807, 2.05) is 59.9 Å². The Morgan fingerprint density at radius 2 is 1.77 bits per heavy atom. The maximum Gasteiger partial charge on any atom is 0.277 e. The second kappa shape index (κ2) is 12.9. The van der Waals surface area contributed by atoms with Gasteiger partial charge in [-0.05, 0) is 69.0 Å². The summed E-state index contributed by atoms with van der Waals surface area (Å²) in [6.45, 7) is 0.214. The van der Waals surface area contributed by atoms with E-state index in [0.29, 0.717) is 42.8 Å². The Morgan fingerprint density at radius 1 is 1.06 bits per heavy atom. The molecule has 10 heteroatoms. The standard InChI is InChI=1S/C25H21BrCl2N2O3S2/c26-21-11-17(12-22(28)24(21)33-14-16-1-5-19(27)6-2-16)13-29-30-23(31)15-32-20-7-3-18(4-8-20)25-34-9-10-35-25/h1-8,11-13,25H,9-10,14-15H2,(H,30,31)/b29-13-. The number of nitrogens with zero attached hydrogens (tertiary/aromatic N) is 1. The summed E-state index contributed by atoms with van der Waals surface area (Å²) in [5.41, 5.74) is 5.39. The van der Waals surface area contributed by atoms with Crippen molar-refractivity contribution in [2.75, 3.05) is 18.1 Å². The number of nitrogens with one attached hydrogen (secondary N) is 1. The number of ether oxygens (including phenoxy) is 2. The van der Waals surface area contributed by atoms with Crippen LogP contribution in [0.5, 0.6) is 11.5 Å². The van der Waals surface area contributed by atoms with Crippen molar-refractivity contribution < 1.29 is 14.3 Å². The van der Waals surface area contributed by atoms with Crippen molar-refractivity contribution >= 4 is 74.8 Å². The van der Waals surface area contributed by atoms with Crippen LogP contribution in [0.25, 0.3) is 0 Å². The second-order valence-corrected chi connectivity index (χ2v) is 11.9. The minimum Gasteiger partial charge on any atom is -0.486 e. The van der Waals surface area contributed by atoms with E-state index in [0.717, 1.165) is 5.56 Å². The highest BCUT2D eigenvalue weighted by Gasteiger charge is 2.18. The maximum absolute atomic E-state index is 12.1. The zero-order valence-corrected chi connectivity index (χ0v) is 23.1. The van der Waals surface area contributed by atoms with Crippen LogP contribution in [0.3, 0.4) is 0 Å². The van der Waals surface area contributed by atoms with Gasteiger partial charge in [0.2, 0.25) is 0 Å². The van der Waals surface area contributed by atoms with Crippen molar-refractivity contribution in [3.8, 4) is 11.5 Å². The number of benzene rings is 3. The van der Waals surface area contributed by atoms with Crippen LogP contribution in [-0.4, -0.2) is 30.2 Å². The van der Waals surface area contributed by atoms with E-state index in [4.69, 9.17) is 32.7 Å². The Hall–Kier alpha value is -1.84. The van der Waals surface area contributed by atoms with Crippen molar-refractivity contribution in [3.05, 3.63) is 91.9 Å². The number of thioether (sulfide) groups is 2. The van der Waals surface area contributed by atoms with Gasteiger partial charge in [0.05, 0.1) is 20.3 Å². The molecule has 1 heterocycles. The number of amides is 1.